The van der Waals surface area contributed by atoms with E-state index >= 15 is 0 Å². The Morgan fingerprint density at radius 2 is 1.03 bits per heavy atom. The van der Waals surface area contributed by atoms with E-state index in [-0.39, 0.29) is 23.9 Å². The zero-order valence-electron chi connectivity index (χ0n) is 39.4. The molecular weight excluding hydrogens is 807 g/mol. The molecule has 1 aromatic rings. The molecule has 1 amide bonds. The summed E-state index contributed by atoms with van der Waals surface area (Å²) in [5, 5.41) is 2.74. The number of H-pyrrole nitrogens is 1. The highest BCUT2D eigenvalue weighted by molar-refractivity contribution is 5.91. The van der Waals surface area contributed by atoms with Gasteiger partial charge in [-0.05, 0) is 51.4 Å². The lowest BCUT2D eigenvalue weighted by Crippen LogP contribution is -2.28. The van der Waals surface area contributed by atoms with E-state index in [0.29, 0.717) is 111 Å². The van der Waals surface area contributed by atoms with Crippen LogP contribution in [0.2, 0.25) is 0 Å². The third kappa shape index (κ3) is 41.3. The molecule has 0 aliphatic heterocycles. The highest BCUT2D eigenvalue weighted by Crippen LogP contribution is 2.10. The predicted octanol–water partition coefficient (Wildman–Crippen LogP) is 9.43. The van der Waals surface area contributed by atoms with E-state index < -0.39 is 0 Å². The molecule has 0 aliphatic rings. The van der Waals surface area contributed by atoms with Crippen molar-refractivity contribution in [2.24, 2.45) is 0 Å². The zero-order valence-corrected chi connectivity index (χ0v) is 39.4. The molecule has 0 spiro atoms. The van der Waals surface area contributed by atoms with Crippen molar-refractivity contribution < 1.29 is 52.3 Å². The summed E-state index contributed by atoms with van der Waals surface area (Å²) in [5.41, 5.74) is 0.346. The molecule has 1 rings (SSSR count). The van der Waals surface area contributed by atoms with E-state index in [0.717, 1.165) is 77.0 Å². The number of nitrogens with one attached hydrogen (secondary N) is 2. The molecule has 0 radical (unpaired) electrons. The first-order chi connectivity index (χ1) is 31.1. The lowest BCUT2D eigenvalue weighted by molar-refractivity contribution is -0.143. The molecule has 0 aliphatic carbocycles. The van der Waals surface area contributed by atoms with Crippen molar-refractivity contribution in [2.45, 2.75) is 161 Å². The second kappa shape index (κ2) is 46.8. The number of imidazole rings is 1. The maximum atomic E-state index is 12.0. The van der Waals surface area contributed by atoms with Crippen LogP contribution in [0, 0.1) is 0 Å². The Morgan fingerprint density at radius 1 is 0.556 bits per heavy atom. The minimum atomic E-state index is -0.241. The molecule has 2 N–H and O–H groups in total. The van der Waals surface area contributed by atoms with Gasteiger partial charge in [0, 0.05) is 38.8 Å². The summed E-state index contributed by atoms with van der Waals surface area (Å²) in [6.07, 6.45) is 33.7. The number of ether oxygens (including phenoxy) is 8. The van der Waals surface area contributed by atoms with Crippen molar-refractivity contribution in [3.8, 4) is 0 Å². The number of allylic oxidation sites excluding steroid dienone is 2. The number of esters is 2. The van der Waals surface area contributed by atoms with Crippen LogP contribution in [0.15, 0.2) is 36.8 Å². The molecule has 14 nitrogen and oxygen atoms in total. The van der Waals surface area contributed by atoms with Gasteiger partial charge < -0.3 is 48.2 Å². The fraction of sp³-hybridized carbons (Fsp3) is 0.796. The first-order valence-electron chi connectivity index (χ1n) is 24.4. The molecule has 1 aromatic heterocycles. The smallest absolute Gasteiger partial charge is 0.306 e. The van der Waals surface area contributed by atoms with Gasteiger partial charge in [-0.2, -0.15) is 0 Å². The molecule has 1 heterocycles. The monoisotopic (exact) mass is 894 g/mol. The lowest BCUT2D eigenvalue weighted by atomic mass is 10.1. The van der Waals surface area contributed by atoms with Gasteiger partial charge in [0.15, 0.2) is 0 Å². The average Bonchev–Trinajstić information content (AvgIpc) is 3.84. The zero-order chi connectivity index (χ0) is 45.4. The van der Waals surface area contributed by atoms with Crippen LogP contribution in [-0.2, 0) is 47.5 Å². The van der Waals surface area contributed by atoms with Crippen LogP contribution in [-0.4, -0.2) is 126 Å². The van der Waals surface area contributed by atoms with Gasteiger partial charge in [-0.1, -0.05) is 115 Å². The molecule has 1 unspecified atom stereocenters. The van der Waals surface area contributed by atoms with Crippen LogP contribution in [0.1, 0.15) is 166 Å². The number of rotatable bonds is 48. The number of unbranched alkanes of at least 4 members (excludes halogenated alkanes) is 16. The third-order valence-corrected chi connectivity index (χ3v) is 10.00. The normalized spacial score (nSPS) is 12.1. The second-order valence-electron chi connectivity index (χ2n) is 15.7. The summed E-state index contributed by atoms with van der Waals surface area (Å²) >= 11 is 0. The number of nitrogens with zero attached hydrogens (tertiary/aromatic N) is 1. The molecule has 0 saturated heterocycles. The molecule has 0 fully saturated rings. The lowest BCUT2D eigenvalue weighted by Gasteiger charge is -2.18. The molecule has 1 atom stereocenters. The van der Waals surface area contributed by atoms with E-state index in [4.69, 9.17) is 37.9 Å². The molecule has 14 heteroatoms. The molecule has 364 valence electrons. The van der Waals surface area contributed by atoms with E-state index in [9.17, 15) is 14.4 Å². The van der Waals surface area contributed by atoms with Crippen LogP contribution in [0.3, 0.4) is 0 Å². The highest BCUT2D eigenvalue weighted by Gasteiger charge is 2.11. The van der Waals surface area contributed by atoms with Gasteiger partial charge in [-0.25, -0.2) is 4.98 Å². The van der Waals surface area contributed by atoms with E-state index in [1.807, 2.05) is 12.2 Å². The van der Waals surface area contributed by atoms with Gasteiger partial charge in [0.25, 0.3) is 5.91 Å². The van der Waals surface area contributed by atoms with Crippen molar-refractivity contribution in [1.82, 2.24) is 15.3 Å². The number of aromatic nitrogens is 2. The van der Waals surface area contributed by atoms with Crippen LogP contribution < -0.4 is 5.32 Å². The number of hydrogen-bond donors (Lipinski definition) is 2. The average molecular weight is 894 g/mol. The molecular formula is C49H87N3O11. The summed E-state index contributed by atoms with van der Waals surface area (Å²) in [6, 6.07) is 0. The maximum Gasteiger partial charge on any atom is 0.306 e. The van der Waals surface area contributed by atoms with Crippen molar-refractivity contribution in [3.63, 3.8) is 0 Å². The maximum absolute atomic E-state index is 12.0. The van der Waals surface area contributed by atoms with Crippen LogP contribution in [0.5, 0.6) is 0 Å². The summed E-state index contributed by atoms with van der Waals surface area (Å²) in [5.74, 6) is -0.480. The standard InChI is InChI=1S/C49H87N3O11/c1-3-5-7-9-11-18-25-32-62-47(53)27-21-15-13-17-23-30-59-42-45(61-31-24-20-14-16-22-28-48(54)63-33-26-19-12-10-8-6-4-2)43-60-40-39-58-38-37-57-36-35-56-34-29-51-49(55)46-41-50-44-52-46/h18-19,25-26,41,44-45H,3-17,20-24,27-40,42-43H2,1-2H3,(H,50,52)(H,51,55)/b25-18-,26-19-. The summed E-state index contributed by atoms with van der Waals surface area (Å²) in [4.78, 5) is 42.5. The van der Waals surface area contributed by atoms with Crippen LogP contribution >= 0.6 is 0 Å². The van der Waals surface area contributed by atoms with Crippen molar-refractivity contribution in [1.29, 1.82) is 0 Å². The Bertz CT molecular complexity index is 1220. The second-order valence-corrected chi connectivity index (χ2v) is 15.7. The van der Waals surface area contributed by atoms with Gasteiger partial charge in [0.2, 0.25) is 0 Å². The Balaban J connectivity index is 2.17. The number of aromatic amines is 1. The van der Waals surface area contributed by atoms with Gasteiger partial charge >= 0.3 is 11.9 Å². The number of amides is 1. The highest BCUT2D eigenvalue weighted by atomic mass is 16.6. The summed E-state index contributed by atoms with van der Waals surface area (Å²) in [6.45, 7) is 10.7. The fourth-order valence-corrected chi connectivity index (χ4v) is 6.28. The Kier molecular flexibility index (Phi) is 43.0. The van der Waals surface area contributed by atoms with Gasteiger partial charge in [0.05, 0.1) is 65.8 Å². The van der Waals surface area contributed by atoms with E-state index in [1.165, 1.54) is 57.7 Å². The first-order valence-corrected chi connectivity index (χ1v) is 24.4. The Labute approximate surface area is 380 Å². The fourth-order valence-electron chi connectivity index (χ4n) is 6.28. The summed E-state index contributed by atoms with van der Waals surface area (Å²) in [7, 11) is 0. The predicted molar refractivity (Wildman–Crippen MR) is 248 cm³/mol. The number of hydrogen-bond acceptors (Lipinski definition) is 12. The van der Waals surface area contributed by atoms with Crippen molar-refractivity contribution in [3.05, 3.63) is 42.5 Å². The molecule has 0 aromatic carbocycles. The van der Waals surface area contributed by atoms with Gasteiger partial charge in [0.1, 0.15) is 25.0 Å². The van der Waals surface area contributed by atoms with E-state index in [2.05, 4.69) is 41.3 Å². The van der Waals surface area contributed by atoms with Crippen molar-refractivity contribution in [2.75, 3.05) is 92.4 Å². The third-order valence-electron chi connectivity index (χ3n) is 10.00. The topological polar surface area (TPSA) is 166 Å². The SMILES string of the molecule is CCCCCC/C=C\COC(=O)CCCCCCCOCC(COCCOCCOCCOCCNC(=O)c1c[nH]cn1)OCCCCCCCC(=O)OC/C=C\CCCCCC. The molecule has 63 heavy (non-hydrogen) atoms. The van der Waals surface area contributed by atoms with E-state index in [1.54, 1.807) is 6.20 Å². The van der Waals surface area contributed by atoms with Crippen LogP contribution in [0.25, 0.3) is 0 Å². The quantitative estimate of drug-likeness (QED) is 0.0362. The van der Waals surface area contributed by atoms with Gasteiger partial charge in [-0.15, -0.1) is 0 Å². The largest absolute Gasteiger partial charge is 0.461 e. The van der Waals surface area contributed by atoms with Gasteiger partial charge in [-0.3, -0.25) is 14.4 Å². The molecule has 0 bridgehead atoms. The summed E-state index contributed by atoms with van der Waals surface area (Å²) < 4.78 is 45.4. The number of carbonyl (C=O) groups excluding carboxylic acids is 3. The minimum Gasteiger partial charge on any atom is -0.461 e. The Morgan fingerprint density at radius 3 is 1.57 bits per heavy atom. The minimum absolute atomic E-state index is 0.117. The van der Waals surface area contributed by atoms with Crippen molar-refractivity contribution >= 4 is 17.8 Å². The number of carbonyl (C=O) groups is 3. The van der Waals surface area contributed by atoms with Crippen LogP contribution in [0.4, 0.5) is 0 Å². The first kappa shape index (κ1) is 57.9. The molecule has 0 saturated carbocycles. The Hall–Kier alpha value is -3.14.